The quantitative estimate of drug-likeness (QED) is 0.482. The van der Waals surface area contributed by atoms with Crippen molar-refractivity contribution < 1.29 is 14.3 Å². The molecule has 0 fully saturated rings. The molecule has 1 unspecified atom stereocenters. The van der Waals surface area contributed by atoms with Crippen LogP contribution in [-0.2, 0) is 17.7 Å². The van der Waals surface area contributed by atoms with Crippen molar-refractivity contribution in [1.29, 1.82) is 0 Å². The van der Waals surface area contributed by atoms with Gasteiger partial charge in [-0.05, 0) is 62.7 Å². The Morgan fingerprint density at radius 2 is 1.97 bits per heavy atom. The van der Waals surface area contributed by atoms with E-state index in [1.165, 1.54) is 16.0 Å². The van der Waals surface area contributed by atoms with E-state index >= 15 is 0 Å². The second-order valence-corrected chi connectivity index (χ2v) is 9.14. The second kappa shape index (κ2) is 10.2. The van der Waals surface area contributed by atoms with Crippen molar-refractivity contribution in [3.8, 4) is 5.00 Å². The molecule has 1 aliphatic heterocycles. The van der Waals surface area contributed by atoms with Gasteiger partial charge in [-0.25, -0.2) is 9.59 Å². The molecule has 2 aromatic heterocycles. The average molecular weight is 467 g/mol. The molecule has 2 amide bonds. The number of ether oxygens (including phenoxy) is 1. The van der Waals surface area contributed by atoms with Gasteiger partial charge in [-0.1, -0.05) is 13.0 Å². The molecule has 0 aliphatic carbocycles. The Balaban J connectivity index is 1.53. The zero-order valence-electron chi connectivity index (χ0n) is 19.3. The van der Waals surface area contributed by atoms with Gasteiger partial charge < -0.3 is 19.9 Å². The lowest BCUT2D eigenvalue weighted by atomic mass is 9.98. The number of carbonyl (C=O) groups is 2. The molecule has 1 atom stereocenters. The fraction of sp³-hybridized carbons (Fsp3) is 0.360. The van der Waals surface area contributed by atoms with Gasteiger partial charge in [-0.15, -0.1) is 11.3 Å². The zero-order chi connectivity index (χ0) is 23.4. The van der Waals surface area contributed by atoms with Gasteiger partial charge in [0.1, 0.15) is 5.00 Å². The van der Waals surface area contributed by atoms with Gasteiger partial charge in [0, 0.05) is 41.6 Å². The smallest absolute Gasteiger partial charge is 0.338 e. The Bertz CT molecular complexity index is 1120. The predicted octanol–water partition coefficient (Wildman–Crippen LogP) is 4.98. The molecule has 1 aromatic carbocycles. The second-order valence-electron chi connectivity index (χ2n) is 8.05. The molecule has 2 N–H and O–H groups in total. The van der Waals surface area contributed by atoms with Gasteiger partial charge in [-0.3, -0.25) is 4.90 Å². The van der Waals surface area contributed by atoms with Crippen molar-refractivity contribution in [1.82, 2.24) is 14.8 Å². The number of amides is 2. The first kappa shape index (κ1) is 23.1. The highest BCUT2D eigenvalue weighted by molar-refractivity contribution is 7.15. The number of aromatic nitrogens is 1. The summed E-state index contributed by atoms with van der Waals surface area (Å²) in [6, 6.07) is 10.3. The van der Waals surface area contributed by atoms with Gasteiger partial charge in [0.25, 0.3) is 0 Å². The number of nitrogens with one attached hydrogen (secondary N) is 2. The minimum Gasteiger partial charge on any atom is -0.462 e. The van der Waals surface area contributed by atoms with Crippen LogP contribution in [0.4, 0.5) is 10.5 Å². The normalized spacial score (nSPS) is 14.4. The van der Waals surface area contributed by atoms with Crippen LogP contribution in [0.25, 0.3) is 5.00 Å². The van der Waals surface area contributed by atoms with E-state index in [1.54, 1.807) is 42.5 Å². The summed E-state index contributed by atoms with van der Waals surface area (Å²) in [5.41, 5.74) is 3.48. The van der Waals surface area contributed by atoms with Crippen LogP contribution in [0.2, 0.25) is 0 Å². The number of nitrogens with zero attached hydrogens (tertiary/aromatic N) is 2. The fourth-order valence-electron chi connectivity index (χ4n) is 4.22. The molecule has 3 heterocycles. The molecule has 3 aromatic rings. The summed E-state index contributed by atoms with van der Waals surface area (Å²) in [6.07, 6.45) is 5.07. The lowest BCUT2D eigenvalue weighted by molar-refractivity contribution is 0.0526. The zero-order valence-corrected chi connectivity index (χ0v) is 20.1. The third kappa shape index (κ3) is 5.12. The summed E-state index contributed by atoms with van der Waals surface area (Å²) in [5, 5.41) is 7.10. The Hall–Kier alpha value is -3.10. The first-order valence-corrected chi connectivity index (χ1v) is 12.2. The number of thiophene rings is 1. The largest absolute Gasteiger partial charge is 0.462 e. The topological polar surface area (TPSA) is 75.6 Å². The number of urea groups is 1. The number of hydrogen-bond donors (Lipinski definition) is 2. The average Bonchev–Trinajstić information content (AvgIpc) is 3.46. The molecule has 0 spiro atoms. The van der Waals surface area contributed by atoms with Gasteiger partial charge in [-0.2, -0.15) is 0 Å². The van der Waals surface area contributed by atoms with Crippen LogP contribution in [0.5, 0.6) is 0 Å². The highest BCUT2D eigenvalue weighted by Crippen LogP contribution is 2.39. The minimum atomic E-state index is -0.405. The Kier molecular flexibility index (Phi) is 7.15. The molecule has 0 saturated carbocycles. The van der Waals surface area contributed by atoms with Crippen LogP contribution < -0.4 is 10.6 Å². The Morgan fingerprint density at radius 3 is 2.70 bits per heavy atom. The van der Waals surface area contributed by atoms with Crippen LogP contribution in [0, 0.1) is 0 Å². The highest BCUT2D eigenvalue weighted by Gasteiger charge is 2.28. The van der Waals surface area contributed by atoms with E-state index in [2.05, 4.69) is 27.0 Å². The van der Waals surface area contributed by atoms with Crippen LogP contribution in [0.15, 0.2) is 48.8 Å². The number of carbonyl (C=O) groups excluding carboxylic acids is 2. The van der Waals surface area contributed by atoms with Crippen LogP contribution in [-0.4, -0.2) is 41.2 Å². The minimum absolute atomic E-state index is 0.177. The van der Waals surface area contributed by atoms with Gasteiger partial charge in [0.05, 0.1) is 18.2 Å². The van der Waals surface area contributed by atoms with E-state index in [0.717, 1.165) is 31.1 Å². The van der Waals surface area contributed by atoms with E-state index in [0.29, 0.717) is 17.9 Å². The van der Waals surface area contributed by atoms with E-state index in [1.807, 2.05) is 31.5 Å². The summed E-state index contributed by atoms with van der Waals surface area (Å²) < 4.78 is 7.18. The molecule has 8 heteroatoms. The van der Waals surface area contributed by atoms with E-state index in [9.17, 15) is 9.59 Å². The molecule has 174 valence electrons. The molecule has 0 saturated heterocycles. The number of benzene rings is 1. The summed E-state index contributed by atoms with van der Waals surface area (Å²) in [5.74, 6) is -0.405. The number of hydrogen-bond acceptors (Lipinski definition) is 5. The molecular formula is C25H30N4O3S. The number of rotatable bonds is 7. The molecule has 7 nitrogen and oxygen atoms in total. The molecule has 0 radical (unpaired) electrons. The highest BCUT2D eigenvalue weighted by atomic mass is 32.1. The van der Waals surface area contributed by atoms with Crippen LogP contribution >= 0.6 is 11.3 Å². The standard InChI is InChI=1S/C25H30N4O3S/c1-4-28-14-11-20-21(16-28)33-23(29-12-6-7-13-29)22(20)17(3)26-25(31)27-19-10-8-9-18(15-19)24(30)32-5-2/h6-10,12-13,15,17H,4-5,11,14,16H2,1-3H3,(H2,26,27,31). The molecule has 33 heavy (non-hydrogen) atoms. The Morgan fingerprint density at radius 1 is 1.18 bits per heavy atom. The summed E-state index contributed by atoms with van der Waals surface area (Å²) >= 11 is 1.81. The lowest BCUT2D eigenvalue weighted by Gasteiger charge is -2.26. The van der Waals surface area contributed by atoms with Crippen molar-refractivity contribution in [2.24, 2.45) is 0 Å². The van der Waals surface area contributed by atoms with Gasteiger partial charge in [0.2, 0.25) is 0 Å². The van der Waals surface area contributed by atoms with E-state index in [4.69, 9.17) is 4.74 Å². The van der Waals surface area contributed by atoms with Crippen molar-refractivity contribution in [3.05, 3.63) is 70.4 Å². The van der Waals surface area contributed by atoms with Crippen molar-refractivity contribution in [2.75, 3.05) is 25.0 Å². The maximum absolute atomic E-state index is 12.8. The molecular weight excluding hydrogens is 436 g/mol. The first-order chi connectivity index (χ1) is 16.0. The third-order valence-electron chi connectivity index (χ3n) is 5.86. The summed E-state index contributed by atoms with van der Waals surface area (Å²) in [6.45, 7) is 9.29. The lowest BCUT2D eigenvalue weighted by Crippen LogP contribution is -2.33. The third-order valence-corrected chi connectivity index (χ3v) is 7.10. The molecule has 1 aliphatic rings. The number of anilines is 1. The number of fused-ring (bicyclic) bond motifs is 1. The first-order valence-electron chi connectivity index (χ1n) is 11.3. The summed E-state index contributed by atoms with van der Waals surface area (Å²) in [4.78, 5) is 28.7. The number of likely N-dealkylation sites (N-methyl/N-ethyl adjacent to an activating group) is 1. The molecule has 4 rings (SSSR count). The van der Waals surface area contributed by atoms with E-state index < -0.39 is 5.97 Å². The SMILES string of the molecule is CCOC(=O)c1cccc(NC(=O)NC(C)c2c(-n3cccc3)sc3c2CCN(CC)C3)c1. The van der Waals surface area contributed by atoms with Crippen molar-refractivity contribution in [2.45, 2.75) is 39.8 Å². The van der Waals surface area contributed by atoms with Crippen LogP contribution in [0.3, 0.4) is 0 Å². The van der Waals surface area contributed by atoms with Crippen molar-refractivity contribution >= 4 is 29.0 Å². The monoisotopic (exact) mass is 466 g/mol. The van der Waals surface area contributed by atoms with Gasteiger partial charge >= 0.3 is 12.0 Å². The molecule has 0 bridgehead atoms. The van der Waals surface area contributed by atoms with E-state index in [-0.39, 0.29) is 12.1 Å². The van der Waals surface area contributed by atoms with Crippen molar-refractivity contribution in [3.63, 3.8) is 0 Å². The summed E-state index contributed by atoms with van der Waals surface area (Å²) in [7, 11) is 0. The fourth-order valence-corrected chi connectivity index (χ4v) is 5.67. The maximum Gasteiger partial charge on any atom is 0.338 e. The number of esters is 1. The Labute approximate surface area is 198 Å². The maximum atomic E-state index is 12.8. The van der Waals surface area contributed by atoms with Gasteiger partial charge in [0.15, 0.2) is 0 Å². The predicted molar refractivity (Wildman–Crippen MR) is 131 cm³/mol. The van der Waals surface area contributed by atoms with Crippen LogP contribution in [0.1, 0.15) is 53.2 Å².